The summed E-state index contributed by atoms with van der Waals surface area (Å²) >= 11 is 5.56. The van der Waals surface area contributed by atoms with E-state index in [1.54, 1.807) is 13.0 Å². The molecule has 0 aliphatic heterocycles. The van der Waals surface area contributed by atoms with Crippen LogP contribution in [0.15, 0.2) is 12.1 Å². The Labute approximate surface area is 97.1 Å². The molecule has 0 unspecified atom stereocenters. The minimum absolute atomic E-state index is 0. The van der Waals surface area contributed by atoms with Crippen molar-refractivity contribution in [2.45, 2.75) is 6.92 Å². The van der Waals surface area contributed by atoms with Crippen molar-refractivity contribution in [1.82, 2.24) is 4.98 Å². The SMILES string of the molecule is Cc1cc(Cl)cc(C(=O)[O-])n1.[Na+]. The van der Waals surface area contributed by atoms with Gasteiger partial charge in [-0.05, 0) is 19.1 Å². The molecule has 0 saturated heterocycles. The molecule has 0 amide bonds. The number of hydrogen-bond acceptors (Lipinski definition) is 3. The van der Waals surface area contributed by atoms with Crippen LogP contribution < -0.4 is 34.7 Å². The molecule has 0 radical (unpaired) electrons. The third-order valence-corrected chi connectivity index (χ3v) is 1.35. The van der Waals surface area contributed by atoms with Gasteiger partial charge >= 0.3 is 29.6 Å². The van der Waals surface area contributed by atoms with Crippen LogP contribution in [0.5, 0.6) is 0 Å². The predicted octanol–water partition coefficient (Wildman–Crippen LogP) is -2.59. The van der Waals surface area contributed by atoms with Gasteiger partial charge in [0, 0.05) is 10.7 Å². The average molecular weight is 194 g/mol. The summed E-state index contributed by atoms with van der Waals surface area (Å²) in [7, 11) is 0. The van der Waals surface area contributed by atoms with E-state index in [4.69, 9.17) is 11.6 Å². The number of hydrogen-bond donors (Lipinski definition) is 0. The molecule has 12 heavy (non-hydrogen) atoms. The Kier molecular flexibility index (Phi) is 4.78. The van der Waals surface area contributed by atoms with Crippen LogP contribution in [0.3, 0.4) is 0 Å². The summed E-state index contributed by atoms with van der Waals surface area (Å²) in [6.07, 6.45) is 0. The molecule has 0 spiro atoms. The fourth-order valence-corrected chi connectivity index (χ4v) is 0.992. The molecule has 3 nitrogen and oxygen atoms in total. The first-order valence-corrected chi connectivity index (χ1v) is 3.33. The van der Waals surface area contributed by atoms with Gasteiger partial charge in [0.2, 0.25) is 0 Å². The Balaban J connectivity index is 0.00000121. The molecule has 1 aromatic heterocycles. The second-order valence-electron chi connectivity index (χ2n) is 2.10. The summed E-state index contributed by atoms with van der Waals surface area (Å²) in [5.74, 6) is -1.31. The number of carbonyl (C=O) groups is 1. The molecule has 0 atom stereocenters. The molecule has 0 fully saturated rings. The second-order valence-corrected chi connectivity index (χ2v) is 2.54. The van der Waals surface area contributed by atoms with E-state index in [1.165, 1.54) is 6.07 Å². The van der Waals surface area contributed by atoms with Crippen LogP contribution >= 0.6 is 11.6 Å². The number of nitrogens with zero attached hydrogens (tertiary/aromatic N) is 1. The van der Waals surface area contributed by atoms with Crippen molar-refractivity contribution in [2.24, 2.45) is 0 Å². The van der Waals surface area contributed by atoms with Crippen LogP contribution in [0.2, 0.25) is 5.02 Å². The van der Waals surface area contributed by atoms with Gasteiger partial charge in [0.05, 0.1) is 11.7 Å². The molecule has 0 aromatic carbocycles. The van der Waals surface area contributed by atoms with Crippen LogP contribution in [-0.4, -0.2) is 11.0 Å². The minimum atomic E-state index is -1.31. The summed E-state index contributed by atoms with van der Waals surface area (Å²) in [5.41, 5.74) is 0.437. The standard InChI is InChI=1S/C7H6ClNO2.Na/c1-4-2-5(8)3-6(9-4)7(10)11;/h2-3H,1H3,(H,10,11);/q;+1/p-1. The summed E-state index contributed by atoms with van der Waals surface area (Å²) in [6, 6.07) is 2.83. The van der Waals surface area contributed by atoms with E-state index in [2.05, 4.69) is 4.98 Å². The van der Waals surface area contributed by atoms with Crippen molar-refractivity contribution in [2.75, 3.05) is 0 Å². The molecule has 58 valence electrons. The molecule has 0 saturated carbocycles. The number of carboxylic acid groups (broad SMARTS) is 1. The Morgan fingerprint density at radius 1 is 1.58 bits per heavy atom. The molecule has 0 aliphatic rings. The molecular formula is C7H5ClNNaO2. The normalized spacial score (nSPS) is 8.83. The van der Waals surface area contributed by atoms with Crippen molar-refractivity contribution < 1.29 is 39.5 Å². The van der Waals surface area contributed by atoms with Crippen LogP contribution in [0.4, 0.5) is 0 Å². The maximum Gasteiger partial charge on any atom is 1.00 e. The van der Waals surface area contributed by atoms with Crippen molar-refractivity contribution in [3.05, 3.63) is 28.5 Å². The fourth-order valence-electron chi connectivity index (χ4n) is 0.731. The number of carbonyl (C=O) groups excluding carboxylic acids is 1. The summed E-state index contributed by atoms with van der Waals surface area (Å²) < 4.78 is 0. The average Bonchev–Trinajstić information content (AvgIpc) is 1.85. The molecule has 0 N–H and O–H groups in total. The van der Waals surface area contributed by atoms with E-state index in [0.29, 0.717) is 10.7 Å². The predicted molar refractivity (Wildman–Crippen MR) is 38.3 cm³/mol. The fraction of sp³-hybridized carbons (Fsp3) is 0.143. The topological polar surface area (TPSA) is 53.0 Å². The first kappa shape index (κ1) is 11.9. The van der Waals surface area contributed by atoms with Gasteiger partial charge in [0.1, 0.15) is 0 Å². The molecule has 1 aromatic rings. The van der Waals surface area contributed by atoms with E-state index in [-0.39, 0.29) is 35.3 Å². The summed E-state index contributed by atoms with van der Waals surface area (Å²) in [4.78, 5) is 14.0. The van der Waals surface area contributed by atoms with E-state index < -0.39 is 5.97 Å². The quantitative estimate of drug-likeness (QED) is 0.460. The summed E-state index contributed by atoms with van der Waals surface area (Å²) in [6.45, 7) is 1.66. The van der Waals surface area contributed by atoms with Crippen molar-refractivity contribution in [3.63, 3.8) is 0 Å². The Morgan fingerprint density at radius 3 is 2.58 bits per heavy atom. The van der Waals surface area contributed by atoms with Gasteiger partial charge in [-0.3, -0.25) is 4.98 Å². The van der Waals surface area contributed by atoms with Crippen molar-refractivity contribution in [1.29, 1.82) is 0 Å². The maximum absolute atomic E-state index is 10.3. The maximum atomic E-state index is 10.3. The van der Waals surface area contributed by atoms with Crippen molar-refractivity contribution in [3.8, 4) is 0 Å². The smallest absolute Gasteiger partial charge is 0.543 e. The molecular weight excluding hydrogens is 189 g/mol. The number of halogens is 1. The van der Waals surface area contributed by atoms with Gasteiger partial charge in [-0.2, -0.15) is 0 Å². The molecule has 0 aliphatic carbocycles. The number of aromatic nitrogens is 1. The number of carboxylic acids is 1. The second kappa shape index (κ2) is 4.82. The Morgan fingerprint density at radius 2 is 2.17 bits per heavy atom. The number of aromatic carboxylic acids is 1. The minimum Gasteiger partial charge on any atom is -0.543 e. The largest absolute Gasteiger partial charge is 1.00 e. The number of rotatable bonds is 1. The Bertz CT molecular complexity index is 283. The van der Waals surface area contributed by atoms with Gasteiger partial charge in [0.25, 0.3) is 0 Å². The third-order valence-electron chi connectivity index (χ3n) is 1.13. The summed E-state index contributed by atoms with van der Waals surface area (Å²) in [5, 5.41) is 10.6. The zero-order valence-electron chi connectivity index (χ0n) is 6.80. The van der Waals surface area contributed by atoms with Crippen LogP contribution in [0.25, 0.3) is 0 Å². The third kappa shape index (κ3) is 3.11. The van der Waals surface area contributed by atoms with Crippen molar-refractivity contribution >= 4 is 17.6 Å². The van der Waals surface area contributed by atoms with E-state index in [9.17, 15) is 9.90 Å². The van der Waals surface area contributed by atoms with Crippen LogP contribution in [-0.2, 0) is 0 Å². The van der Waals surface area contributed by atoms with E-state index >= 15 is 0 Å². The van der Waals surface area contributed by atoms with Gasteiger partial charge in [-0.15, -0.1) is 0 Å². The van der Waals surface area contributed by atoms with Gasteiger partial charge in [-0.25, -0.2) is 0 Å². The van der Waals surface area contributed by atoms with Crippen LogP contribution in [0, 0.1) is 6.92 Å². The zero-order chi connectivity index (χ0) is 8.43. The Hall–Kier alpha value is -0.0900. The molecule has 1 rings (SSSR count). The number of aryl methyl sites for hydroxylation is 1. The van der Waals surface area contributed by atoms with Gasteiger partial charge in [-0.1, -0.05) is 11.6 Å². The van der Waals surface area contributed by atoms with Gasteiger partial charge < -0.3 is 9.90 Å². The van der Waals surface area contributed by atoms with E-state index in [1.807, 2.05) is 0 Å². The molecule has 1 heterocycles. The molecule has 0 bridgehead atoms. The van der Waals surface area contributed by atoms with Gasteiger partial charge in [0.15, 0.2) is 0 Å². The van der Waals surface area contributed by atoms with E-state index in [0.717, 1.165) is 0 Å². The zero-order valence-corrected chi connectivity index (χ0v) is 9.55. The van der Waals surface area contributed by atoms with Crippen LogP contribution in [0.1, 0.15) is 16.2 Å². The first-order valence-electron chi connectivity index (χ1n) is 2.95. The monoisotopic (exact) mass is 193 g/mol. The molecule has 5 heteroatoms. The number of pyridine rings is 1. The first-order chi connectivity index (χ1) is 5.09.